The van der Waals surface area contributed by atoms with Gasteiger partial charge in [0.05, 0.1) is 0 Å². The zero-order chi connectivity index (χ0) is 11.4. The van der Waals surface area contributed by atoms with Crippen LogP contribution in [0.15, 0.2) is 12.7 Å². The summed E-state index contributed by atoms with van der Waals surface area (Å²) >= 11 is 0. The lowest BCUT2D eigenvalue weighted by Gasteiger charge is -2.11. The van der Waals surface area contributed by atoms with Gasteiger partial charge < -0.3 is 22.1 Å². The first-order valence-electron chi connectivity index (χ1n) is 4.18. The Bertz CT molecular complexity index is 170. The molecule has 4 amide bonds. The summed E-state index contributed by atoms with van der Waals surface area (Å²) in [5.74, 6) is 0. The van der Waals surface area contributed by atoms with Gasteiger partial charge in [-0.2, -0.15) is 0 Å². The van der Waals surface area contributed by atoms with Crippen LogP contribution in [0.5, 0.6) is 0 Å². The Morgan fingerprint density at radius 2 is 1.71 bits per heavy atom. The SMILES string of the molecule is C=CC.NC(N)=O.O=C1NCCCN1. The second-order valence-corrected chi connectivity index (χ2v) is 2.35. The summed E-state index contributed by atoms with van der Waals surface area (Å²) in [4.78, 5) is 19.2. The van der Waals surface area contributed by atoms with Crippen LogP contribution in [0.3, 0.4) is 0 Å². The third-order valence-corrected chi connectivity index (χ3v) is 0.925. The van der Waals surface area contributed by atoms with Crippen molar-refractivity contribution in [3.63, 3.8) is 0 Å². The fourth-order valence-corrected chi connectivity index (χ4v) is 0.555. The van der Waals surface area contributed by atoms with Crippen molar-refractivity contribution in [3.05, 3.63) is 12.7 Å². The van der Waals surface area contributed by atoms with Gasteiger partial charge in [-0.3, -0.25) is 0 Å². The lowest BCUT2D eigenvalue weighted by atomic mass is 10.4. The van der Waals surface area contributed by atoms with Crippen molar-refractivity contribution in [2.45, 2.75) is 13.3 Å². The number of allylic oxidation sites excluding steroid dienone is 1. The molecule has 1 fully saturated rings. The average molecular weight is 202 g/mol. The molecule has 6 nitrogen and oxygen atoms in total. The zero-order valence-corrected chi connectivity index (χ0v) is 8.38. The van der Waals surface area contributed by atoms with Crippen LogP contribution in [0.4, 0.5) is 9.59 Å². The molecule has 0 spiro atoms. The number of nitrogens with two attached hydrogens (primary N) is 2. The minimum Gasteiger partial charge on any atom is -0.352 e. The molecule has 0 aromatic carbocycles. The molecule has 1 rings (SSSR count). The molecule has 0 radical (unpaired) electrons. The van der Waals surface area contributed by atoms with Gasteiger partial charge in [-0.05, 0) is 13.3 Å². The molecule has 1 saturated heterocycles. The highest BCUT2D eigenvalue weighted by Gasteiger charge is 2.02. The van der Waals surface area contributed by atoms with E-state index in [1.807, 2.05) is 6.92 Å². The Hall–Kier alpha value is -1.72. The van der Waals surface area contributed by atoms with Crippen LogP contribution in [0.1, 0.15) is 13.3 Å². The topological polar surface area (TPSA) is 110 Å². The molecular weight excluding hydrogens is 184 g/mol. The van der Waals surface area contributed by atoms with Crippen molar-refractivity contribution in [3.8, 4) is 0 Å². The highest BCUT2D eigenvalue weighted by molar-refractivity contribution is 5.74. The average Bonchev–Trinajstić information content (AvgIpc) is 2.05. The van der Waals surface area contributed by atoms with Gasteiger partial charge in [-0.1, -0.05) is 6.08 Å². The van der Waals surface area contributed by atoms with Crippen molar-refractivity contribution in [1.82, 2.24) is 10.6 Å². The van der Waals surface area contributed by atoms with E-state index in [-0.39, 0.29) is 6.03 Å². The third kappa shape index (κ3) is 22.4. The molecule has 0 atom stereocenters. The quantitative estimate of drug-likeness (QED) is 0.411. The number of hydrogen-bond donors (Lipinski definition) is 4. The summed E-state index contributed by atoms with van der Waals surface area (Å²) < 4.78 is 0. The predicted molar refractivity (Wildman–Crippen MR) is 55.7 cm³/mol. The molecule has 14 heavy (non-hydrogen) atoms. The normalized spacial score (nSPS) is 12.8. The van der Waals surface area contributed by atoms with E-state index < -0.39 is 6.03 Å². The summed E-state index contributed by atoms with van der Waals surface area (Å²) in [5.41, 5.74) is 8.50. The summed E-state index contributed by atoms with van der Waals surface area (Å²) in [6.45, 7) is 6.90. The number of rotatable bonds is 0. The maximum absolute atomic E-state index is 10.2. The smallest absolute Gasteiger partial charge is 0.314 e. The van der Waals surface area contributed by atoms with Crippen LogP contribution in [0, 0.1) is 0 Å². The van der Waals surface area contributed by atoms with Crippen molar-refractivity contribution < 1.29 is 9.59 Å². The van der Waals surface area contributed by atoms with Crippen molar-refractivity contribution in [1.29, 1.82) is 0 Å². The Morgan fingerprint density at radius 1 is 1.43 bits per heavy atom. The molecule has 1 heterocycles. The molecule has 6 N–H and O–H groups in total. The van der Waals surface area contributed by atoms with Crippen molar-refractivity contribution >= 4 is 12.1 Å². The lowest BCUT2D eigenvalue weighted by molar-refractivity contribution is 0.236. The summed E-state index contributed by atoms with van der Waals surface area (Å²) in [7, 11) is 0. The monoisotopic (exact) mass is 202 g/mol. The van der Waals surface area contributed by atoms with E-state index in [4.69, 9.17) is 4.79 Å². The van der Waals surface area contributed by atoms with E-state index in [9.17, 15) is 4.79 Å². The highest BCUT2D eigenvalue weighted by atomic mass is 16.2. The molecule has 0 aromatic heterocycles. The molecular formula is C8H18N4O2. The van der Waals surface area contributed by atoms with E-state index in [1.54, 1.807) is 6.08 Å². The van der Waals surface area contributed by atoms with Crippen LogP contribution in [0.2, 0.25) is 0 Å². The molecule has 1 aliphatic heterocycles. The van der Waals surface area contributed by atoms with Gasteiger partial charge in [0, 0.05) is 13.1 Å². The molecule has 0 aliphatic carbocycles. The number of carbonyl (C=O) groups excluding carboxylic acids is 2. The van der Waals surface area contributed by atoms with Crippen molar-refractivity contribution in [2.75, 3.05) is 13.1 Å². The first-order valence-corrected chi connectivity index (χ1v) is 4.18. The third-order valence-electron chi connectivity index (χ3n) is 0.925. The summed E-state index contributed by atoms with van der Waals surface area (Å²) in [6, 6.07) is -0.869. The minimum atomic E-state index is -0.833. The number of nitrogens with one attached hydrogen (secondary N) is 2. The van der Waals surface area contributed by atoms with E-state index in [2.05, 4.69) is 28.7 Å². The van der Waals surface area contributed by atoms with Crippen LogP contribution in [0.25, 0.3) is 0 Å². The van der Waals surface area contributed by atoms with Gasteiger partial charge in [-0.25, -0.2) is 9.59 Å². The second kappa shape index (κ2) is 11.3. The maximum atomic E-state index is 10.2. The number of primary amides is 2. The Morgan fingerprint density at radius 3 is 1.86 bits per heavy atom. The van der Waals surface area contributed by atoms with Gasteiger partial charge in [0.2, 0.25) is 0 Å². The molecule has 1 aliphatic rings. The second-order valence-electron chi connectivity index (χ2n) is 2.35. The van der Waals surface area contributed by atoms with Gasteiger partial charge in [0.1, 0.15) is 0 Å². The van der Waals surface area contributed by atoms with E-state index >= 15 is 0 Å². The van der Waals surface area contributed by atoms with Crippen LogP contribution in [-0.4, -0.2) is 25.2 Å². The van der Waals surface area contributed by atoms with Gasteiger partial charge in [0.15, 0.2) is 0 Å². The Balaban J connectivity index is 0. The predicted octanol–water partition coefficient (Wildman–Crippen LogP) is -0.0946. The van der Waals surface area contributed by atoms with Crippen LogP contribution >= 0.6 is 0 Å². The number of amides is 4. The molecule has 0 bridgehead atoms. The first-order chi connectivity index (χ1) is 6.54. The minimum absolute atomic E-state index is 0.0359. The number of carbonyl (C=O) groups is 2. The largest absolute Gasteiger partial charge is 0.352 e. The molecule has 0 saturated carbocycles. The highest BCUT2D eigenvalue weighted by Crippen LogP contribution is 1.79. The van der Waals surface area contributed by atoms with E-state index in [0.29, 0.717) is 0 Å². The van der Waals surface area contributed by atoms with E-state index in [1.165, 1.54) is 0 Å². The Kier molecular flexibility index (Phi) is 11.9. The van der Waals surface area contributed by atoms with Crippen molar-refractivity contribution in [2.24, 2.45) is 11.5 Å². The fourth-order valence-electron chi connectivity index (χ4n) is 0.555. The van der Waals surface area contributed by atoms with Crippen LogP contribution in [-0.2, 0) is 0 Å². The van der Waals surface area contributed by atoms with Crippen LogP contribution < -0.4 is 22.1 Å². The maximum Gasteiger partial charge on any atom is 0.314 e. The Labute approximate surface area is 83.7 Å². The molecule has 82 valence electrons. The van der Waals surface area contributed by atoms with Gasteiger partial charge >= 0.3 is 12.1 Å². The molecule has 6 heteroatoms. The molecule has 0 unspecified atom stereocenters. The number of hydrogen-bond acceptors (Lipinski definition) is 2. The first kappa shape index (κ1) is 14.8. The standard InChI is InChI=1S/C4H8N2O.C3H6.CH4N2O/c7-4-5-2-1-3-6-4;1-3-2;2-1(3)4/h1-3H2,(H2,5,6,7);3H,1H2,2H3;(H4,2,3,4). The molecule has 0 aromatic rings. The summed E-state index contributed by atoms with van der Waals surface area (Å²) in [6.07, 6.45) is 2.80. The number of urea groups is 2. The fraction of sp³-hybridized carbons (Fsp3) is 0.500. The zero-order valence-electron chi connectivity index (χ0n) is 8.38. The summed E-state index contributed by atoms with van der Waals surface area (Å²) in [5, 5.41) is 5.26. The lowest BCUT2D eigenvalue weighted by Crippen LogP contribution is -2.42. The van der Waals surface area contributed by atoms with E-state index in [0.717, 1.165) is 19.5 Å². The van der Waals surface area contributed by atoms with Gasteiger partial charge in [-0.15, -0.1) is 6.58 Å². The van der Waals surface area contributed by atoms with Gasteiger partial charge in [0.25, 0.3) is 0 Å².